The van der Waals surface area contributed by atoms with E-state index in [1.165, 1.54) is 0 Å². The number of amides is 2. The van der Waals surface area contributed by atoms with Crippen molar-refractivity contribution in [2.24, 2.45) is 0 Å². The highest BCUT2D eigenvalue weighted by Crippen LogP contribution is 2.28. The standard InChI is InChI=1S/C21H21N3O2S3/c1-13-5-6-15(8-14(13)2)21(26)24-12-27-11-17(24)19(25)22-9-16-10-29-20(23-16)18-4-3-7-28-18/h3-8,10,17H,9,11-12H2,1-2H3,(H,22,25)/t17-/m1/s1. The number of carbonyl (C=O) groups is 2. The number of thioether (sulfide) groups is 1. The average molecular weight is 444 g/mol. The van der Waals surface area contributed by atoms with E-state index < -0.39 is 6.04 Å². The Balaban J connectivity index is 1.40. The SMILES string of the molecule is Cc1ccc(C(=O)N2CSC[C@@H]2C(=O)NCc2csc(-c3cccs3)n2)cc1C. The van der Waals surface area contributed by atoms with Crippen molar-refractivity contribution in [2.75, 3.05) is 11.6 Å². The van der Waals surface area contributed by atoms with E-state index in [9.17, 15) is 9.59 Å². The summed E-state index contributed by atoms with van der Waals surface area (Å²) in [4.78, 5) is 33.1. The van der Waals surface area contributed by atoms with Crippen molar-refractivity contribution >= 4 is 46.2 Å². The van der Waals surface area contributed by atoms with Crippen molar-refractivity contribution in [3.8, 4) is 9.88 Å². The fraction of sp³-hybridized carbons (Fsp3) is 0.286. The highest BCUT2D eigenvalue weighted by molar-refractivity contribution is 7.99. The van der Waals surface area contributed by atoms with Crippen LogP contribution in [-0.2, 0) is 11.3 Å². The normalized spacial score (nSPS) is 16.2. The number of benzene rings is 1. The minimum Gasteiger partial charge on any atom is -0.349 e. The molecule has 0 unspecified atom stereocenters. The average Bonchev–Trinajstić information content (AvgIpc) is 3.48. The Hall–Kier alpha value is -2.16. The number of aromatic nitrogens is 1. The molecule has 8 heteroatoms. The molecule has 3 heterocycles. The zero-order valence-corrected chi connectivity index (χ0v) is 18.6. The van der Waals surface area contributed by atoms with Crippen LogP contribution in [0.2, 0.25) is 0 Å². The maximum absolute atomic E-state index is 13.0. The summed E-state index contributed by atoms with van der Waals surface area (Å²) in [6.45, 7) is 4.38. The summed E-state index contributed by atoms with van der Waals surface area (Å²) in [5.41, 5.74) is 3.70. The number of hydrogen-bond donors (Lipinski definition) is 1. The Labute approximate surface area is 182 Å². The van der Waals surface area contributed by atoms with E-state index in [4.69, 9.17) is 0 Å². The number of nitrogens with zero attached hydrogens (tertiary/aromatic N) is 2. The second-order valence-corrected chi connectivity index (χ2v) is 9.73. The number of carbonyl (C=O) groups excluding carboxylic acids is 2. The third-order valence-electron chi connectivity index (χ3n) is 4.93. The summed E-state index contributed by atoms with van der Waals surface area (Å²) in [6.07, 6.45) is 0. The third-order valence-corrected chi connectivity index (χ3v) is 7.87. The van der Waals surface area contributed by atoms with Crippen LogP contribution in [0.1, 0.15) is 27.2 Å². The fourth-order valence-corrected chi connectivity index (χ4v) is 5.89. The molecular weight excluding hydrogens is 422 g/mol. The van der Waals surface area contributed by atoms with Crippen molar-refractivity contribution in [1.29, 1.82) is 0 Å². The zero-order valence-electron chi connectivity index (χ0n) is 16.2. The molecule has 0 bridgehead atoms. The topological polar surface area (TPSA) is 62.3 Å². The Morgan fingerprint density at radius 3 is 2.83 bits per heavy atom. The number of rotatable bonds is 5. The van der Waals surface area contributed by atoms with Crippen LogP contribution in [0.5, 0.6) is 0 Å². The van der Waals surface area contributed by atoms with Crippen LogP contribution in [0.3, 0.4) is 0 Å². The lowest BCUT2D eigenvalue weighted by atomic mass is 10.1. The summed E-state index contributed by atoms with van der Waals surface area (Å²) in [7, 11) is 0. The molecule has 1 N–H and O–H groups in total. The minimum atomic E-state index is -0.454. The molecule has 1 saturated heterocycles. The molecule has 150 valence electrons. The first-order chi connectivity index (χ1) is 14.0. The van der Waals surface area contributed by atoms with Crippen LogP contribution in [0.4, 0.5) is 0 Å². The monoisotopic (exact) mass is 443 g/mol. The first-order valence-electron chi connectivity index (χ1n) is 9.25. The predicted octanol–water partition coefficient (Wildman–Crippen LogP) is 4.32. The largest absolute Gasteiger partial charge is 0.349 e. The number of hydrogen-bond acceptors (Lipinski definition) is 6. The van der Waals surface area contributed by atoms with Gasteiger partial charge in [-0.25, -0.2) is 4.98 Å². The molecule has 0 aliphatic carbocycles. The number of thiophene rings is 1. The molecule has 1 atom stereocenters. The van der Waals surface area contributed by atoms with Gasteiger partial charge >= 0.3 is 0 Å². The summed E-state index contributed by atoms with van der Waals surface area (Å²) in [6, 6.07) is 9.28. The lowest BCUT2D eigenvalue weighted by Crippen LogP contribution is -2.47. The van der Waals surface area contributed by atoms with Crippen LogP contribution in [-0.4, -0.2) is 39.4 Å². The van der Waals surface area contributed by atoms with E-state index >= 15 is 0 Å². The maximum atomic E-state index is 13.0. The van der Waals surface area contributed by atoms with E-state index in [0.29, 0.717) is 23.7 Å². The van der Waals surface area contributed by atoms with Gasteiger partial charge in [-0.3, -0.25) is 9.59 Å². The van der Waals surface area contributed by atoms with Gasteiger partial charge in [0.1, 0.15) is 11.0 Å². The van der Waals surface area contributed by atoms with E-state index in [1.807, 2.05) is 54.9 Å². The van der Waals surface area contributed by atoms with Gasteiger partial charge < -0.3 is 10.2 Å². The molecule has 1 fully saturated rings. The molecule has 2 amide bonds. The molecule has 0 radical (unpaired) electrons. The second-order valence-electron chi connectivity index (χ2n) is 6.93. The van der Waals surface area contributed by atoms with Gasteiger partial charge in [-0.1, -0.05) is 12.1 Å². The second kappa shape index (κ2) is 8.69. The first-order valence-corrected chi connectivity index (χ1v) is 12.2. The highest BCUT2D eigenvalue weighted by atomic mass is 32.2. The van der Waals surface area contributed by atoms with E-state index in [2.05, 4.69) is 10.3 Å². The predicted molar refractivity (Wildman–Crippen MR) is 120 cm³/mol. The van der Waals surface area contributed by atoms with Gasteiger partial charge in [0.15, 0.2) is 0 Å². The van der Waals surface area contributed by atoms with Gasteiger partial charge in [-0.15, -0.1) is 34.4 Å². The van der Waals surface area contributed by atoms with E-state index in [1.54, 1.807) is 39.3 Å². The quantitative estimate of drug-likeness (QED) is 0.638. The lowest BCUT2D eigenvalue weighted by molar-refractivity contribution is -0.124. The summed E-state index contributed by atoms with van der Waals surface area (Å²) >= 11 is 4.83. The van der Waals surface area contributed by atoms with Crippen LogP contribution >= 0.6 is 34.4 Å². The smallest absolute Gasteiger partial charge is 0.255 e. The number of thiazole rings is 1. The summed E-state index contributed by atoms with van der Waals surface area (Å²) in [5.74, 6) is 0.924. The molecule has 2 aromatic heterocycles. The molecule has 29 heavy (non-hydrogen) atoms. The van der Waals surface area contributed by atoms with Gasteiger partial charge in [-0.2, -0.15) is 0 Å². The van der Waals surface area contributed by atoms with Crippen molar-refractivity contribution in [3.05, 3.63) is 63.5 Å². The van der Waals surface area contributed by atoms with E-state index in [0.717, 1.165) is 26.7 Å². The molecular formula is C21H21N3O2S3. The third kappa shape index (κ3) is 4.39. The van der Waals surface area contributed by atoms with Gasteiger partial charge in [0.05, 0.1) is 23.0 Å². The van der Waals surface area contributed by atoms with Crippen LogP contribution in [0, 0.1) is 13.8 Å². The molecule has 1 aromatic carbocycles. The molecule has 0 spiro atoms. The van der Waals surface area contributed by atoms with Crippen LogP contribution in [0.25, 0.3) is 9.88 Å². The molecule has 0 saturated carbocycles. The Kier molecular flexibility index (Phi) is 6.03. The highest BCUT2D eigenvalue weighted by Gasteiger charge is 2.35. The molecule has 3 aromatic rings. The fourth-order valence-electron chi connectivity index (χ4n) is 3.10. The van der Waals surface area contributed by atoms with Crippen molar-refractivity contribution in [3.63, 3.8) is 0 Å². The molecule has 1 aliphatic rings. The van der Waals surface area contributed by atoms with Crippen molar-refractivity contribution in [2.45, 2.75) is 26.4 Å². The van der Waals surface area contributed by atoms with Crippen molar-refractivity contribution in [1.82, 2.24) is 15.2 Å². The summed E-state index contributed by atoms with van der Waals surface area (Å²) in [5, 5.41) is 7.92. The van der Waals surface area contributed by atoms with Crippen LogP contribution < -0.4 is 5.32 Å². The Morgan fingerprint density at radius 2 is 2.07 bits per heavy atom. The molecule has 1 aliphatic heterocycles. The number of aryl methyl sites for hydroxylation is 2. The van der Waals surface area contributed by atoms with Gasteiger partial charge in [0.2, 0.25) is 5.91 Å². The lowest BCUT2D eigenvalue weighted by Gasteiger charge is -2.23. The Morgan fingerprint density at radius 1 is 1.21 bits per heavy atom. The Bertz CT molecular complexity index is 1030. The van der Waals surface area contributed by atoms with E-state index in [-0.39, 0.29) is 11.8 Å². The van der Waals surface area contributed by atoms with Gasteiger partial charge in [-0.05, 0) is 48.6 Å². The zero-order chi connectivity index (χ0) is 20.4. The molecule has 5 nitrogen and oxygen atoms in total. The molecule has 4 rings (SSSR count). The number of nitrogens with one attached hydrogen (secondary N) is 1. The van der Waals surface area contributed by atoms with Crippen LogP contribution in [0.15, 0.2) is 41.1 Å². The summed E-state index contributed by atoms with van der Waals surface area (Å²) < 4.78 is 0. The van der Waals surface area contributed by atoms with Gasteiger partial charge in [0.25, 0.3) is 5.91 Å². The van der Waals surface area contributed by atoms with Crippen molar-refractivity contribution < 1.29 is 9.59 Å². The van der Waals surface area contributed by atoms with Gasteiger partial charge in [0, 0.05) is 16.7 Å². The first kappa shape index (κ1) is 20.1. The minimum absolute atomic E-state index is 0.0908. The maximum Gasteiger partial charge on any atom is 0.255 e.